The van der Waals surface area contributed by atoms with Gasteiger partial charge in [0.25, 0.3) is 0 Å². The summed E-state index contributed by atoms with van der Waals surface area (Å²) in [4.78, 5) is 14.2. The van der Waals surface area contributed by atoms with E-state index in [2.05, 4.69) is 33.8 Å². The van der Waals surface area contributed by atoms with Gasteiger partial charge in [0.1, 0.15) is 5.92 Å². The molecule has 0 saturated heterocycles. The Morgan fingerprint density at radius 2 is 1.71 bits per heavy atom. The van der Waals surface area contributed by atoms with E-state index in [1.165, 1.54) is 0 Å². The maximum atomic E-state index is 12.3. The zero-order valence-electron chi connectivity index (χ0n) is 11.9. The third kappa shape index (κ3) is 4.77. The van der Waals surface area contributed by atoms with Crippen molar-refractivity contribution in [2.45, 2.75) is 59.9 Å². The van der Waals surface area contributed by atoms with Gasteiger partial charge in [-0.1, -0.05) is 34.6 Å². The highest BCUT2D eigenvalue weighted by atomic mass is 16.2. The van der Waals surface area contributed by atoms with E-state index in [1.54, 1.807) is 0 Å². The number of hydrogen-bond donors (Lipinski definition) is 0. The molecule has 0 aromatic rings. The second-order valence-corrected chi connectivity index (χ2v) is 4.94. The van der Waals surface area contributed by atoms with Crippen LogP contribution in [0, 0.1) is 23.2 Å². The lowest BCUT2D eigenvalue weighted by Gasteiger charge is -2.33. The number of carbonyl (C=O) groups is 1. The van der Waals surface area contributed by atoms with Crippen LogP contribution in [0.1, 0.15) is 53.9 Å². The molecule has 1 atom stereocenters. The van der Waals surface area contributed by atoms with Crippen LogP contribution in [0.5, 0.6) is 0 Å². The third-order valence-electron chi connectivity index (χ3n) is 3.09. The average molecular weight is 238 g/mol. The summed E-state index contributed by atoms with van der Waals surface area (Å²) in [5.41, 5.74) is 0. The molecular weight excluding hydrogens is 212 g/mol. The van der Waals surface area contributed by atoms with Crippen LogP contribution in [0.4, 0.5) is 0 Å². The van der Waals surface area contributed by atoms with Crippen LogP contribution in [-0.2, 0) is 4.79 Å². The van der Waals surface area contributed by atoms with Gasteiger partial charge in [0.05, 0.1) is 6.07 Å². The quantitative estimate of drug-likeness (QED) is 0.683. The number of nitrogens with zero attached hydrogens (tertiary/aromatic N) is 2. The Morgan fingerprint density at radius 1 is 1.18 bits per heavy atom. The molecule has 1 unspecified atom stereocenters. The molecule has 0 aliphatic heterocycles. The largest absolute Gasteiger partial charge is 0.338 e. The van der Waals surface area contributed by atoms with Gasteiger partial charge in [0, 0.05) is 12.6 Å². The minimum atomic E-state index is -0.477. The molecule has 3 heteroatoms. The van der Waals surface area contributed by atoms with Crippen LogP contribution in [-0.4, -0.2) is 23.4 Å². The van der Waals surface area contributed by atoms with E-state index < -0.39 is 5.92 Å². The Bertz CT molecular complexity index is 264. The highest BCUT2D eigenvalue weighted by molar-refractivity contribution is 5.81. The fraction of sp³-hybridized carbons (Fsp3) is 0.857. The predicted molar refractivity (Wildman–Crippen MR) is 70.3 cm³/mol. The highest BCUT2D eigenvalue weighted by Crippen LogP contribution is 2.16. The van der Waals surface area contributed by atoms with Crippen LogP contribution in [0.2, 0.25) is 0 Å². The molecule has 0 aliphatic rings. The van der Waals surface area contributed by atoms with Crippen LogP contribution < -0.4 is 0 Å². The zero-order chi connectivity index (χ0) is 13.4. The molecule has 0 aromatic heterocycles. The second-order valence-electron chi connectivity index (χ2n) is 4.94. The fourth-order valence-corrected chi connectivity index (χ4v) is 2.06. The maximum Gasteiger partial charge on any atom is 0.240 e. The Labute approximate surface area is 106 Å². The van der Waals surface area contributed by atoms with Crippen molar-refractivity contribution in [2.75, 3.05) is 6.54 Å². The van der Waals surface area contributed by atoms with Gasteiger partial charge in [-0.05, 0) is 25.2 Å². The maximum absolute atomic E-state index is 12.3. The van der Waals surface area contributed by atoms with E-state index in [1.807, 2.05) is 11.8 Å². The van der Waals surface area contributed by atoms with Gasteiger partial charge in [-0.3, -0.25) is 4.79 Å². The summed E-state index contributed by atoms with van der Waals surface area (Å²) in [7, 11) is 0. The first kappa shape index (κ1) is 16.0. The molecule has 0 rings (SSSR count). The summed E-state index contributed by atoms with van der Waals surface area (Å²) in [6.45, 7) is 11.1. The summed E-state index contributed by atoms with van der Waals surface area (Å²) >= 11 is 0. The highest BCUT2D eigenvalue weighted by Gasteiger charge is 2.27. The Kier molecular flexibility index (Phi) is 7.61. The van der Waals surface area contributed by atoms with E-state index in [4.69, 9.17) is 5.26 Å². The van der Waals surface area contributed by atoms with Gasteiger partial charge in [-0.25, -0.2) is 0 Å². The van der Waals surface area contributed by atoms with Crippen LogP contribution in [0.25, 0.3) is 0 Å². The van der Waals surface area contributed by atoms with Crippen molar-refractivity contribution in [1.29, 1.82) is 5.26 Å². The van der Waals surface area contributed by atoms with Crippen molar-refractivity contribution in [1.82, 2.24) is 4.90 Å². The molecule has 0 heterocycles. The molecule has 1 amide bonds. The van der Waals surface area contributed by atoms with Crippen molar-refractivity contribution in [3.8, 4) is 6.07 Å². The van der Waals surface area contributed by atoms with Gasteiger partial charge in [-0.15, -0.1) is 0 Å². The molecule has 17 heavy (non-hydrogen) atoms. The molecule has 0 fully saturated rings. The predicted octanol–water partition coefficient (Wildman–Crippen LogP) is 3.21. The molecule has 0 aromatic carbocycles. The van der Waals surface area contributed by atoms with Crippen molar-refractivity contribution in [3.05, 3.63) is 0 Å². The fourth-order valence-electron chi connectivity index (χ4n) is 2.06. The smallest absolute Gasteiger partial charge is 0.240 e. The van der Waals surface area contributed by atoms with E-state index in [0.717, 1.165) is 19.4 Å². The standard InChI is InChI=1S/C14H26N2O/c1-6-12(9-15)14(17)16(10-11(4)5)13(7-2)8-3/h11-13H,6-8,10H2,1-5H3. The topological polar surface area (TPSA) is 44.1 Å². The van der Waals surface area contributed by atoms with Gasteiger partial charge in [-0.2, -0.15) is 5.26 Å². The number of nitriles is 1. The third-order valence-corrected chi connectivity index (χ3v) is 3.09. The lowest BCUT2D eigenvalue weighted by atomic mass is 10.0. The molecule has 0 aliphatic carbocycles. The second kappa shape index (κ2) is 8.11. The first-order valence-electron chi connectivity index (χ1n) is 6.71. The van der Waals surface area contributed by atoms with E-state index in [0.29, 0.717) is 12.3 Å². The first-order chi connectivity index (χ1) is 8.01. The molecular formula is C14H26N2O. The van der Waals surface area contributed by atoms with Gasteiger partial charge in [0.15, 0.2) is 0 Å². The summed E-state index contributed by atoms with van der Waals surface area (Å²) in [5.74, 6) is -0.0255. The summed E-state index contributed by atoms with van der Waals surface area (Å²) in [6, 6.07) is 2.39. The Balaban J connectivity index is 4.90. The SMILES string of the molecule is CCC(C#N)C(=O)N(CC(C)C)C(CC)CC. The molecule has 0 N–H and O–H groups in total. The van der Waals surface area contributed by atoms with Gasteiger partial charge in [0.2, 0.25) is 5.91 Å². The molecule has 0 spiro atoms. The summed E-state index contributed by atoms with van der Waals surface area (Å²) in [5, 5.41) is 9.01. The minimum absolute atomic E-state index is 0.0115. The minimum Gasteiger partial charge on any atom is -0.338 e. The van der Waals surface area contributed by atoms with Crippen molar-refractivity contribution in [2.24, 2.45) is 11.8 Å². The van der Waals surface area contributed by atoms with E-state index >= 15 is 0 Å². The normalized spacial score (nSPS) is 12.6. The number of amides is 1. The monoisotopic (exact) mass is 238 g/mol. The van der Waals surface area contributed by atoms with Crippen molar-refractivity contribution >= 4 is 5.91 Å². The lowest BCUT2D eigenvalue weighted by molar-refractivity contribution is -0.137. The Morgan fingerprint density at radius 3 is 2.00 bits per heavy atom. The first-order valence-corrected chi connectivity index (χ1v) is 6.71. The number of hydrogen-bond acceptors (Lipinski definition) is 2. The summed E-state index contributed by atoms with van der Waals surface area (Å²) < 4.78 is 0. The van der Waals surface area contributed by atoms with Crippen molar-refractivity contribution < 1.29 is 4.79 Å². The lowest BCUT2D eigenvalue weighted by Crippen LogP contribution is -2.44. The van der Waals surface area contributed by atoms with Gasteiger partial charge >= 0.3 is 0 Å². The van der Waals surface area contributed by atoms with E-state index in [9.17, 15) is 4.79 Å². The van der Waals surface area contributed by atoms with Gasteiger partial charge < -0.3 is 4.90 Å². The molecule has 0 bridgehead atoms. The van der Waals surface area contributed by atoms with Crippen molar-refractivity contribution in [3.63, 3.8) is 0 Å². The number of carbonyl (C=O) groups excluding carboxylic acids is 1. The molecule has 3 nitrogen and oxygen atoms in total. The molecule has 98 valence electrons. The molecule has 0 radical (unpaired) electrons. The van der Waals surface area contributed by atoms with Crippen LogP contribution in [0.15, 0.2) is 0 Å². The summed E-state index contributed by atoms with van der Waals surface area (Å²) in [6.07, 6.45) is 2.51. The van der Waals surface area contributed by atoms with Crippen LogP contribution in [0.3, 0.4) is 0 Å². The van der Waals surface area contributed by atoms with E-state index in [-0.39, 0.29) is 11.9 Å². The number of rotatable bonds is 7. The molecule has 0 saturated carbocycles. The average Bonchev–Trinajstić information content (AvgIpc) is 2.30. The Hall–Kier alpha value is -1.04. The van der Waals surface area contributed by atoms with Crippen LogP contribution >= 0.6 is 0 Å². The zero-order valence-corrected chi connectivity index (χ0v) is 11.9.